The van der Waals surface area contributed by atoms with Gasteiger partial charge in [-0.1, -0.05) is 43.2 Å². The number of carbonyl (C=O) groups excluding carboxylic acids is 1. The smallest absolute Gasteiger partial charge is 0.264 e. The number of rotatable bonds is 10. The van der Waals surface area contributed by atoms with Gasteiger partial charge in [0.05, 0.1) is 6.61 Å². The van der Waals surface area contributed by atoms with Gasteiger partial charge in [0.15, 0.2) is 18.1 Å². The van der Waals surface area contributed by atoms with Crippen LogP contribution in [-0.4, -0.2) is 29.3 Å². The number of aromatic nitrogens is 2. The topological polar surface area (TPSA) is 73.3 Å². The van der Waals surface area contributed by atoms with Gasteiger partial charge >= 0.3 is 0 Å². The van der Waals surface area contributed by atoms with Crippen LogP contribution < -0.4 is 14.8 Å². The Morgan fingerprint density at radius 1 is 1.12 bits per heavy atom. The number of ether oxygens (including phenoxy) is 2. The van der Waals surface area contributed by atoms with E-state index in [4.69, 9.17) is 9.47 Å². The van der Waals surface area contributed by atoms with E-state index in [0.29, 0.717) is 23.2 Å². The van der Waals surface area contributed by atoms with Gasteiger partial charge in [0, 0.05) is 6.42 Å². The van der Waals surface area contributed by atoms with E-state index in [1.165, 1.54) is 24.2 Å². The van der Waals surface area contributed by atoms with Gasteiger partial charge < -0.3 is 9.47 Å². The lowest BCUT2D eigenvalue weighted by atomic mass is 10.2. The van der Waals surface area contributed by atoms with E-state index in [1.54, 1.807) is 6.07 Å². The lowest BCUT2D eigenvalue weighted by molar-refractivity contribution is -0.118. The molecule has 1 amide bonds. The molecule has 2 aromatic rings. The van der Waals surface area contributed by atoms with Crippen LogP contribution in [0.4, 0.5) is 5.13 Å². The highest BCUT2D eigenvalue weighted by Gasteiger charge is 2.10. The maximum Gasteiger partial charge on any atom is 0.264 e. The van der Waals surface area contributed by atoms with E-state index in [2.05, 4.69) is 22.4 Å². The second-order valence-electron chi connectivity index (χ2n) is 5.17. The first-order valence-electron chi connectivity index (χ1n) is 8.19. The third-order valence-corrected chi connectivity index (χ3v) is 4.11. The van der Waals surface area contributed by atoms with E-state index in [9.17, 15) is 4.79 Å². The van der Waals surface area contributed by atoms with Crippen molar-refractivity contribution in [1.82, 2.24) is 10.2 Å². The van der Waals surface area contributed by atoms with Gasteiger partial charge in [-0.2, -0.15) is 0 Å². The zero-order chi connectivity index (χ0) is 17.2. The van der Waals surface area contributed by atoms with Crippen LogP contribution in [0.1, 0.15) is 38.1 Å². The van der Waals surface area contributed by atoms with Crippen LogP contribution in [0.3, 0.4) is 0 Å². The number of amides is 1. The Kier molecular flexibility index (Phi) is 7.48. The molecule has 0 bridgehead atoms. The van der Waals surface area contributed by atoms with E-state index in [1.807, 2.05) is 25.1 Å². The first-order chi connectivity index (χ1) is 11.7. The van der Waals surface area contributed by atoms with Crippen molar-refractivity contribution in [2.24, 2.45) is 0 Å². The second kappa shape index (κ2) is 9.87. The monoisotopic (exact) mass is 349 g/mol. The molecule has 0 fully saturated rings. The number of hydrogen-bond donors (Lipinski definition) is 1. The molecule has 0 aliphatic carbocycles. The minimum atomic E-state index is -0.266. The minimum absolute atomic E-state index is 0.102. The third kappa shape index (κ3) is 5.81. The number of para-hydroxylation sites is 2. The molecule has 0 unspecified atom stereocenters. The molecule has 0 aliphatic rings. The average Bonchev–Trinajstić information content (AvgIpc) is 3.02. The number of hydrogen-bond acceptors (Lipinski definition) is 6. The fourth-order valence-corrected chi connectivity index (χ4v) is 2.87. The number of anilines is 1. The van der Waals surface area contributed by atoms with Gasteiger partial charge in [-0.15, -0.1) is 10.2 Å². The summed E-state index contributed by atoms with van der Waals surface area (Å²) in [6.07, 6.45) is 4.34. The summed E-state index contributed by atoms with van der Waals surface area (Å²) in [6, 6.07) is 7.28. The van der Waals surface area contributed by atoms with Crippen molar-refractivity contribution in [3.05, 3.63) is 29.3 Å². The van der Waals surface area contributed by atoms with Gasteiger partial charge in [-0.25, -0.2) is 0 Å². The Balaban J connectivity index is 1.81. The Bertz CT molecular complexity index is 646. The van der Waals surface area contributed by atoms with Crippen molar-refractivity contribution in [2.75, 3.05) is 18.5 Å². The Hall–Kier alpha value is -2.15. The average molecular weight is 349 g/mol. The molecule has 0 saturated heterocycles. The Morgan fingerprint density at radius 2 is 1.88 bits per heavy atom. The number of nitrogens with zero attached hydrogens (tertiary/aromatic N) is 2. The molecule has 1 aromatic heterocycles. The maximum absolute atomic E-state index is 12.0. The van der Waals surface area contributed by atoms with Crippen molar-refractivity contribution < 1.29 is 14.3 Å². The van der Waals surface area contributed by atoms with Crippen LogP contribution in [0, 0.1) is 0 Å². The summed E-state index contributed by atoms with van der Waals surface area (Å²) in [6.45, 7) is 4.50. The largest absolute Gasteiger partial charge is 0.490 e. The standard InChI is InChI=1S/C17H23N3O3S/c1-3-5-6-11-16-19-20-17(24-16)18-15(21)12-23-14-10-8-7-9-13(14)22-4-2/h7-10H,3-6,11-12H2,1-2H3,(H,18,20,21). The molecule has 0 saturated carbocycles. The van der Waals surface area contributed by atoms with Gasteiger partial charge in [0.2, 0.25) is 5.13 Å². The lowest BCUT2D eigenvalue weighted by Crippen LogP contribution is -2.20. The van der Waals surface area contributed by atoms with Crippen LogP contribution in [0.25, 0.3) is 0 Å². The summed E-state index contributed by atoms with van der Waals surface area (Å²) in [4.78, 5) is 12.0. The van der Waals surface area contributed by atoms with Gasteiger partial charge in [0.1, 0.15) is 5.01 Å². The van der Waals surface area contributed by atoms with Crippen molar-refractivity contribution in [3.63, 3.8) is 0 Å². The molecule has 0 atom stereocenters. The number of nitrogens with one attached hydrogen (secondary N) is 1. The summed E-state index contributed by atoms with van der Waals surface area (Å²) in [5.74, 6) is 0.909. The summed E-state index contributed by atoms with van der Waals surface area (Å²) in [5.41, 5.74) is 0. The Morgan fingerprint density at radius 3 is 2.58 bits per heavy atom. The highest BCUT2D eigenvalue weighted by atomic mass is 32.1. The zero-order valence-electron chi connectivity index (χ0n) is 14.1. The maximum atomic E-state index is 12.0. The van der Waals surface area contributed by atoms with Crippen molar-refractivity contribution >= 4 is 22.4 Å². The van der Waals surface area contributed by atoms with Crippen LogP contribution in [0.15, 0.2) is 24.3 Å². The van der Waals surface area contributed by atoms with Crippen LogP contribution in [-0.2, 0) is 11.2 Å². The SMILES string of the molecule is CCCCCc1nnc(NC(=O)COc2ccccc2OCC)s1. The normalized spacial score (nSPS) is 10.4. The molecular weight excluding hydrogens is 326 g/mol. The predicted octanol–water partition coefficient (Wildman–Crippen LogP) is 3.69. The lowest BCUT2D eigenvalue weighted by Gasteiger charge is -2.10. The van der Waals surface area contributed by atoms with Crippen molar-refractivity contribution in [2.45, 2.75) is 39.5 Å². The minimum Gasteiger partial charge on any atom is -0.490 e. The third-order valence-electron chi connectivity index (χ3n) is 3.22. The van der Waals surface area contributed by atoms with E-state index in [-0.39, 0.29) is 12.5 Å². The zero-order valence-corrected chi connectivity index (χ0v) is 14.9. The van der Waals surface area contributed by atoms with Crippen molar-refractivity contribution in [1.29, 1.82) is 0 Å². The molecule has 1 N–H and O–H groups in total. The summed E-state index contributed by atoms with van der Waals surface area (Å²) in [7, 11) is 0. The molecule has 6 nitrogen and oxygen atoms in total. The quantitative estimate of drug-likeness (QED) is 0.662. The molecule has 130 valence electrons. The van der Waals surface area contributed by atoms with Crippen LogP contribution in [0.5, 0.6) is 11.5 Å². The fraction of sp³-hybridized carbons (Fsp3) is 0.471. The van der Waals surface area contributed by atoms with E-state index >= 15 is 0 Å². The summed E-state index contributed by atoms with van der Waals surface area (Å²) >= 11 is 1.41. The molecule has 0 radical (unpaired) electrons. The number of aryl methyl sites for hydroxylation is 1. The first kappa shape index (κ1) is 18.2. The predicted molar refractivity (Wildman–Crippen MR) is 94.9 cm³/mol. The number of unbranched alkanes of at least 4 members (excludes halogenated alkanes) is 2. The first-order valence-corrected chi connectivity index (χ1v) is 9.01. The molecule has 2 rings (SSSR count). The highest BCUT2D eigenvalue weighted by molar-refractivity contribution is 7.15. The molecular formula is C17H23N3O3S. The molecule has 1 aromatic carbocycles. The number of carbonyl (C=O) groups is 1. The molecule has 24 heavy (non-hydrogen) atoms. The van der Waals surface area contributed by atoms with Gasteiger partial charge in [-0.05, 0) is 25.5 Å². The van der Waals surface area contributed by atoms with Gasteiger partial charge in [0.25, 0.3) is 5.91 Å². The van der Waals surface area contributed by atoms with E-state index in [0.717, 1.165) is 17.8 Å². The number of benzene rings is 1. The summed E-state index contributed by atoms with van der Waals surface area (Å²) < 4.78 is 11.0. The van der Waals surface area contributed by atoms with Crippen molar-refractivity contribution in [3.8, 4) is 11.5 Å². The Labute approximate surface area is 146 Å². The fourth-order valence-electron chi connectivity index (χ4n) is 2.07. The summed E-state index contributed by atoms with van der Waals surface area (Å²) in [5, 5.41) is 12.3. The van der Waals surface area contributed by atoms with Gasteiger partial charge in [-0.3, -0.25) is 10.1 Å². The van der Waals surface area contributed by atoms with E-state index < -0.39 is 0 Å². The molecule has 0 aliphatic heterocycles. The highest BCUT2D eigenvalue weighted by Crippen LogP contribution is 2.26. The second-order valence-corrected chi connectivity index (χ2v) is 6.24. The van der Waals surface area contributed by atoms with Crippen LogP contribution in [0.2, 0.25) is 0 Å². The molecule has 7 heteroatoms. The van der Waals surface area contributed by atoms with Crippen LogP contribution >= 0.6 is 11.3 Å². The molecule has 0 spiro atoms. The molecule has 1 heterocycles.